The fourth-order valence-electron chi connectivity index (χ4n) is 1.49. The molecule has 1 rings (SSSR count). The van der Waals surface area contributed by atoms with E-state index in [1.54, 1.807) is 6.92 Å². The van der Waals surface area contributed by atoms with E-state index in [4.69, 9.17) is 4.74 Å². The third-order valence-electron chi connectivity index (χ3n) is 2.58. The van der Waals surface area contributed by atoms with Gasteiger partial charge in [-0.05, 0) is 12.3 Å². The van der Waals surface area contributed by atoms with Gasteiger partial charge in [0, 0.05) is 12.6 Å². The van der Waals surface area contributed by atoms with E-state index in [0.29, 0.717) is 13.0 Å². The van der Waals surface area contributed by atoms with Crippen molar-refractivity contribution in [2.24, 2.45) is 10.4 Å². The van der Waals surface area contributed by atoms with E-state index in [1.807, 2.05) is 0 Å². The lowest BCUT2D eigenvalue weighted by Crippen LogP contribution is -2.29. The average molecular weight is 225 g/mol. The molecule has 0 aliphatic carbocycles. The molecule has 90 valence electrons. The van der Waals surface area contributed by atoms with Crippen LogP contribution >= 0.6 is 0 Å². The highest BCUT2D eigenvalue weighted by Crippen LogP contribution is 2.30. The normalized spacial score (nSPS) is 21.1. The van der Waals surface area contributed by atoms with Gasteiger partial charge in [-0.2, -0.15) is 0 Å². The van der Waals surface area contributed by atoms with Crippen LogP contribution in [-0.4, -0.2) is 29.9 Å². The van der Waals surface area contributed by atoms with Crippen molar-refractivity contribution in [2.45, 2.75) is 40.2 Å². The first kappa shape index (κ1) is 12.7. The Kier molecular flexibility index (Phi) is 3.73. The number of hydrogen-bond donors (Lipinski definition) is 1. The molecule has 4 heteroatoms. The highest BCUT2D eigenvalue weighted by Gasteiger charge is 2.30. The maximum absolute atomic E-state index is 11.4. The summed E-state index contributed by atoms with van der Waals surface area (Å²) in [6.45, 7) is 8.19. The summed E-state index contributed by atoms with van der Waals surface area (Å²) in [6, 6.07) is 0.00526. The predicted molar refractivity (Wildman–Crippen MR) is 62.6 cm³/mol. The Morgan fingerprint density at radius 1 is 1.62 bits per heavy atom. The Morgan fingerprint density at radius 3 is 2.69 bits per heavy atom. The van der Waals surface area contributed by atoms with Crippen molar-refractivity contribution < 1.29 is 14.6 Å². The molecule has 0 aromatic carbocycles. The minimum absolute atomic E-state index is 0.00526. The maximum atomic E-state index is 11.4. The van der Waals surface area contributed by atoms with Gasteiger partial charge in [-0.15, -0.1) is 0 Å². The second kappa shape index (κ2) is 4.68. The van der Waals surface area contributed by atoms with E-state index < -0.39 is 5.97 Å². The molecule has 1 atom stereocenters. The standard InChI is InChI=1S/C12H19NO3/c1-5-16-11(15)8-7-13-10(6-9(8)14)12(2,3)4/h7,10,14H,5-6H2,1-4H3. The molecule has 16 heavy (non-hydrogen) atoms. The van der Waals surface area contributed by atoms with Gasteiger partial charge in [0.15, 0.2) is 0 Å². The summed E-state index contributed by atoms with van der Waals surface area (Å²) in [5, 5.41) is 9.79. The van der Waals surface area contributed by atoms with Gasteiger partial charge in [-0.25, -0.2) is 4.79 Å². The van der Waals surface area contributed by atoms with Crippen molar-refractivity contribution in [1.29, 1.82) is 0 Å². The average Bonchev–Trinajstić information content (AvgIpc) is 2.16. The van der Waals surface area contributed by atoms with Gasteiger partial charge in [0.05, 0.1) is 12.6 Å². The van der Waals surface area contributed by atoms with E-state index in [9.17, 15) is 9.90 Å². The van der Waals surface area contributed by atoms with Crippen LogP contribution in [0.15, 0.2) is 16.3 Å². The summed E-state index contributed by atoms with van der Waals surface area (Å²) >= 11 is 0. The summed E-state index contributed by atoms with van der Waals surface area (Å²) in [5.74, 6) is -0.426. The molecule has 0 saturated heterocycles. The molecular weight excluding hydrogens is 206 g/mol. The Hall–Kier alpha value is -1.32. The topological polar surface area (TPSA) is 58.9 Å². The van der Waals surface area contributed by atoms with Crippen LogP contribution in [0, 0.1) is 5.41 Å². The quantitative estimate of drug-likeness (QED) is 0.733. The fourth-order valence-corrected chi connectivity index (χ4v) is 1.49. The van der Waals surface area contributed by atoms with Crippen LogP contribution in [0.5, 0.6) is 0 Å². The van der Waals surface area contributed by atoms with Gasteiger partial charge in [0.1, 0.15) is 11.3 Å². The molecule has 0 saturated carbocycles. The highest BCUT2D eigenvalue weighted by molar-refractivity contribution is 6.10. The molecule has 1 aliphatic heterocycles. The van der Waals surface area contributed by atoms with Crippen LogP contribution in [0.3, 0.4) is 0 Å². The van der Waals surface area contributed by atoms with Crippen molar-refractivity contribution in [3.63, 3.8) is 0 Å². The maximum Gasteiger partial charge on any atom is 0.343 e. The number of carbonyl (C=O) groups is 1. The molecule has 0 radical (unpaired) electrons. The van der Waals surface area contributed by atoms with Crippen LogP contribution in [-0.2, 0) is 9.53 Å². The van der Waals surface area contributed by atoms with Gasteiger partial charge >= 0.3 is 5.97 Å². The first-order valence-corrected chi connectivity index (χ1v) is 5.48. The number of rotatable bonds is 2. The van der Waals surface area contributed by atoms with Gasteiger partial charge in [0.2, 0.25) is 0 Å². The number of esters is 1. The number of aliphatic hydroxyl groups is 1. The minimum atomic E-state index is -0.504. The Balaban J connectivity index is 2.80. The number of nitrogens with zero attached hydrogens (tertiary/aromatic N) is 1. The molecule has 0 fully saturated rings. The lowest BCUT2D eigenvalue weighted by Gasteiger charge is -2.29. The van der Waals surface area contributed by atoms with Crippen molar-refractivity contribution in [3.05, 3.63) is 11.3 Å². The smallest absolute Gasteiger partial charge is 0.343 e. The SMILES string of the molecule is CCOC(=O)C1=C(O)CC(C(C)(C)C)N=C1. The molecule has 1 heterocycles. The zero-order valence-corrected chi connectivity index (χ0v) is 10.3. The molecule has 1 aliphatic rings. The van der Waals surface area contributed by atoms with Crippen molar-refractivity contribution in [3.8, 4) is 0 Å². The summed E-state index contributed by atoms with van der Waals surface area (Å²) in [6.07, 6.45) is 1.82. The lowest BCUT2D eigenvalue weighted by atomic mass is 9.83. The van der Waals surface area contributed by atoms with Crippen molar-refractivity contribution in [1.82, 2.24) is 0 Å². The molecule has 1 N–H and O–H groups in total. The highest BCUT2D eigenvalue weighted by atomic mass is 16.5. The third kappa shape index (κ3) is 2.84. The molecular formula is C12H19NO3. The first-order chi connectivity index (χ1) is 7.36. The molecule has 0 aromatic rings. The zero-order valence-electron chi connectivity index (χ0n) is 10.3. The largest absolute Gasteiger partial charge is 0.511 e. The zero-order chi connectivity index (χ0) is 12.3. The lowest BCUT2D eigenvalue weighted by molar-refractivity contribution is -0.138. The van der Waals surface area contributed by atoms with Gasteiger partial charge in [-0.3, -0.25) is 4.99 Å². The summed E-state index contributed by atoms with van der Waals surface area (Å²) in [7, 11) is 0. The molecule has 1 unspecified atom stereocenters. The molecule has 0 aromatic heterocycles. The molecule has 0 amide bonds. The summed E-state index contributed by atoms with van der Waals surface area (Å²) in [4.78, 5) is 15.7. The van der Waals surface area contributed by atoms with Gasteiger partial charge in [0.25, 0.3) is 0 Å². The monoisotopic (exact) mass is 225 g/mol. The number of hydrogen-bond acceptors (Lipinski definition) is 4. The van der Waals surface area contributed by atoms with Gasteiger partial charge < -0.3 is 9.84 Å². The van der Waals surface area contributed by atoms with Gasteiger partial charge in [-0.1, -0.05) is 20.8 Å². The van der Waals surface area contributed by atoms with E-state index in [-0.39, 0.29) is 22.8 Å². The van der Waals surface area contributed by atoms with E-state index in [0.717, 1.165) is 0 Å². The number of aliphatic imine (C=N–C) groups is 1. The third-order valence-corrected chi connectivity index (χ3v) is 2.58. The second-order valence-corrected chi connectivity index (χ2v) is 4.94. The van der Waals surface area contributed by atoms with E-state index in [1.165, 1.54) is 6.21 Å². The van der Waals surface area contributed by atoms with Crippen LogP contribution in [0.4, 0.5) is 0 Å². The second-order valence-electron chi connectivity index (χ2n) is 4.94. The summed E-state index contributed by atoms with van der Waals surface area (Å²) in [5.41, 5.74) is 0.160. The predicted octanol–water partition coefficient (Wildman–Crippen LogP) is 2.25. The van der Waals surface area contributed by atoms with Crippen molar-refractivity contribution in [2.75, 3.05) is 6.61 Å². The fraction of sp³-hybridized carbons (Fsp3) is 0.667. The van der Waals surface area contributed by atoms with Crippen LogP contribution in [0.25, 0.3) is 0 Å². The summed E-state index contributed by atoms with van der Waals surface area (Å²) < 4.78 is 4.82. The van der Waals surface area contributed by atoms with Crippen LogP contribution in [0.2, 0.25) is 0 Å². The first-order valence-electron chi connectivity index (χ1n) is 5.48. The van der Waals surface area contributed by atoms with E-state index in [2.05, 4.69) is 25.8 Å². The molecule has 4 nitrogen and oxygen atoms in total. The Bertz CT molecular complexity index is 337. The number of ether oxygens (including phenoxy) is 1. The van der Waals surface area contributed by atoms with Crippen molar-refractivity contribution >= 4 is 12.2 Å². The Morgan fingerprint density at radius 2 is 2.25 bits per heavy atom. The number of aliphatic hydroxyl groups excluding tert-OH is 1. The number of carbonyl (C=O) groups excluding carboxylic acids is 1. The van der Waals surface area contributed by atoms with Crippen LogP contribution < -0.4 is 0 Å². The number of dihydropyridines is 1. The minimum Gasteiger partial charge on any atom is -0.511 e. The Labute approximate surface area is 96.0 Å². The van der Waals surface area contributed by atoms with E-state index >= 15 is 0 Å². The molecule has 0 bridgehead atoms. The molecule has 0 spiro atoms. The van der Waals surface area contributed by atoms with Crippen LogP contribution in [0.1, 0.15) is 34.1 Å².